The number of carboxylic acids is 1. The molecule has 3 unspecified atom stereocenters. The van der Waals surface area contributed by atoms with Gasteiger partial charge in [0.15, 0.2) is 24.0 Å². The van der Waals surface area contributed by atoms with Crippen LogP contribution in [0.5, 0.6) is 11.5 Å². The van der Waals surface area contributed by atoms with Gasteiger partial charge in [0.2, 0.25) is 5.91 Å². The van der Waals surface area contributed by atoms with Crippen LogP contribution >= 0.6 is 0 Å². The number of aliphatic carboxylic acids is 1. The highest BCUT2D eigenvalue weighted by Gasteiger charge is 2.54. The molecule has 0 aromatic heterocycles. The minimum absolute atomic E-state index is 0.0392. The highest BCUT2D eigenvalue weighted by atomic mass is 16.7. The van der Waals surface area contributed by atoms with Gasteiger partial charge in [-0.2, -0.15) is 0 Å². The number of carbonyl (C=O) groups is 3. The Hall–Kier alpha value is -3.11. The third-order valence-corrected chi connectivity index (χ3v) is 7.51. The van der Waals surface area contributed by atoms with Gasteiger partial charge in [0, 0.05) is 32.1 Å². The number of amides is 2. The lowest BCUT2D eigenvalue weighted by Crippen LogP contribution is -2.61. The number of nitrogens with zero attached hydrogens (tertiary/aromatic N) is 2. The zero-order valence-corrected chi connectivity index (χ0v) is 22.3. The summed E-state index contributed by atoms with van der Waals surface area (Å²) in [6, 6.07) is 3.25. The number of methoxy groups -OCH3 is 1. The molecule has 1 aromatic carbocycles. The molecule has 3 aliphatic rings. The quantitative estimate of drug-likeness (QED) is 0.336. The van der Waals surface area contributed by atoms with E-state index >= 15 is 0 Å². The molecular formula is C28H38N2O8. The third-order valence-electron chi connectivity index (χ3n) is 7.51. The summed E-state index contributed by atoms with van der Waals surface area (Å²) in [6.45, 7) is 7.01. The van der Waals surface area contributed by atoms with Crippen molar-refractivity contribution in [3.8, 4) is 11.5 Å². The molecule has 0 bridgehead atoms. The number of allylic oxidation sites excluding steroid dienone is 1. The first-order valence-corrected chi connectivity index (χ1v) is 13.4. The molecule has 3 atom stereocenters. The van der Waals surface area contributed by atoms with Crippen molar-refractivity contribution in [2.24, 2.45) is 0 Å². The zero-order valence-electron chi connectivity index (χ0n) is 22.3. The fourth-order valence-electron chi connectivity index (χ4n) is 5.50. The topological polar surface area (TPSA) is 115 Å². The van der Waals surface area contributed by atoms with Crippen LogP contribution in [0, 0.1) is 0 Å². The van der Waals surface area contributed by atoms with Gasteiger partial charge in [0.25, 0.3) is 5.91 Å². The second kappa shape index (κ2) is 12.2. The number of hydrogen-bond acceptors (Lipinski definition) is 7. The molecule has 10 nitrogen and oxygen atoms in total. The lowest BCUT2D eigenvalue weighted by atomic mass is 9.95. The van der Waals surface area contributed by atoms with Crippen LogP contribution in [0.1, 0.15) is 75.1 Å². The molecule has 2 saturated heterocycles. The van der Waals surface area contributed by atoms with Crippen molar-refractivity contribution in [1.82, 2.24) is 4.90 Å². The van der Waals surface area contributed by atoms with Crippen LogP contribution < -0.4 is 14.4 Å². The van der Waals surface area contributed by atoms with Crippen LogP contribution in [0.4, 0.5) is 5.69 Å². The minimum atomic E-state index is -0.911. The Bertz CT molecular complexity index is 1050. The predicted molar refractivity (Wildman–Crippen MR) is 139 cm³/mol. The summed E-state index contributed by atoms with van der Waals surface area (Å²) in [7, 11) is 1.48. The Morgan fingerprint density at radius 3 is 2.74 bits per heavy atom. The molecule has 1 aromatic rings. The SMILES string of the molecule is C=CCCC(=O)N1c2cc(OCCCC(=O)O)c(OC)cc2C(=O)N2CCCC2(C)C1OC1CCCCO1. The first kappa shape index (κ1) is 27.9. The standard InChI is InChI=1S/C28H38N2O8/c1-4-5-10-23(31)30-20-18-22(36-16-8-11-24(32)33)21(35-3)17-19(20)26(34)29-14-9-13-28(29,2)27(30)38-25-12-6-7-15-37-25/h4,17-18,25,27H,1,5-16H2,2-3H3,(H,32,33). The lowest BCUT2D eigenvalue weighted by Gasteiger charge is -2.45. The van der Waals surface area contributed by atoms with Crippen LogP contribution in [-0.4, -0.2) is 72.7 Å². The van der Waals surface area contributed by atoms with E-state index in [0.29, 0.717) is 61.6 Å². The number of anilines is 1. The van der Waals surface area contributed by atoms with Crippen LogP contribution in [0.2, 0.25) is 0 Å². The maximum atomic E-state index is 14.0. The normalized spacial score (nSPS) is 24.8. The van der Waals surface area contributed by atoms with Gasteiger partial charge in [-0.15, -0.1) is 6.58 Å². The lowest BCUT2D eigenvalue weighted by molar-refractivity contribution is -0.208. The maximum absolute atomic E-state index is 14.0. The van der Waals surface area contributed by atoms with Gasteiger partial charge in [-0.05, 0) is 57.9 Å². The summed E-state index contributed by atoms with van der Waals surface area (Å²) in [4.78, 5) is 42.2. The van der Waals surface area contributed by atoms with Crippen LogP contribution in [-0.2, 0) is 19.1 Å². The molecule has 3 heterocycles. The van der Waals surface area contributed by atoms with Crippen molar-refractivity contribution in [2.75, 3.05) is 31.8 Å². The van der Waals surface area contributed by atoms with Crippen molar-refractivity contribution < 1.29 is 38.4 Å². The second-order valence-electron chi connectivity index (χ2n) is 10.2. The molecule has 3 aliphatic heterocycles. The molecule has 0 radical (unpaired) electrons. The highest BCUT2D eigenvalue weighted by Crippen LogP contribution is 2.46. The van der Waals surface area contributed by atoms with Crippen molar-refractivity contribution in [1.29, 1.82) is 0 Å². The van der Waals surface area contributed by atoms with Gasteiger partial charge in [0.1, 0.15) is 0 Å². The van der Waals surface area contributed by atoms with Gasteiger partial charge in [0.05, 0.1) is 30.5 Å². The summed E-state index contributed by atoms with van der Waals surface area (Å²) in [5.74, 6) is -0.650. The van der Waals surface area contributed by atoms with E-state index in [9.17, 15) is 14.4 Å². The summed E-state index contributed by atoms with van der Waals surface area (Å²) in [5, 5.41) is 8.97. The van der Waals surface area contributed by atoms with E-state index in [1.54, 1.807) is 23.1 Å². The highest BCUT2D eigenvalue weighted by molar-refractivity contribution is 6.07. The molecule has 1 N–H and O–H groups in total. The van der Waals surface area contributed by atoms with E-state index in [0.717, 1.165) is 19.3 Å². The third kappa shape index (κ3) is 5.66. The number of carbonyl (C=O) groups excluding carboxylic acids is 2. The van der Waals surface area contributed by atoms with Gasteiger partial charge in [-0.3, -0.25) is 19.3 Å². The fraction of sp³-hybridized carbons (Fsp3) is 0.607. The second-order valence-corrected chi connectivity index (χ2v) is 10.2. The fourth-order valence-corrected chi connectivity index (χ4v) is 5.50. The van der Waals surface area contributed by atoms with Crippen LogP contribution in [0.15, 0.2) is 24.8 Å². The molecule has 38 heavy (non-hydrogen) atoms. The molecular weight excluding hydrogens is 492 g/mol. The van der Waals surface area contributed by atoms with Gasteiger partial charge in [-0.25, -0.2) is 0 Å². The van der Waals surface area contributed by atoms with Gasteiger partial charge >= 0.3 is 5.97 Å². The summed E-state index contributed by atoms with van der Waals surface area (Å²) < 4.78 is 24.0. The molecule has 0 spiro atoms. The maximum Gasteiger partial charge on any atom is 0.303 e. The van der Waals surface area contributed by atoms with Crippen molar-refractivity contribution in [2.45, 2.75) is 82.8 Å². The van der Waals surface area contributed by atoms with E-state index in [4.69, 9.17) is 24.1 Å². The Morgan fingerprint density at radius 1 is 1.24 bits per heavy atom. The smallest absolute Gasteiger partial charge is 0.303 e. The number of fused-ring (bicyclic) bond motifs is 2. The van der Waals surface area contributed by atoms with Crippen molar-refractivity contribution in [3.05, 3.63) is 30.4 Å². The molecule has 4 rings (SSSR count). The largest absolute Gasteiger partial charge is 0.493 e. The van der Waals surface area contributed by atoms with Gasteiger partial charge in [-0.1, -0.05) is 6.08 Å². The first-order valence-electron chi connectivity index (χ1n) is 13.4. The average Bonchev–Trinajstić information content (AvgIpc) is 3.29. The van der Waals surface area contributed by atoms with Crippen molar-refractivity contribution in [3.63, 3.8) is 0 Å². The minimum Gasteiger partial charge on any atom is -0.493 e. The number of benzene rings is 1. The molecule has 208 valence electrons. The predicted octanol–water partition coefficient (Wildman–Crippen LogP) is 4.12. The molecule has 0 saturated carbocycles. The van der Waals surface area contributed by atoms with Crippen molar-refractivity contribution >= 4 is 23.5 Å². The number of hydrogen-bond donors (Lipinski definition) is 1. The molecule has 0 aliphatic carbocycles. The Morgan fingerprint density at radius 2 is 2.05 bits per heavy atom. The Kier molecular flexibility index (Phi) is 8.94. The number of carboxylic acid groups (broad SMARTS) is 1. The summed E-state index contributed by atoms with van der Waals surface area (Å²) >= 11 is 0. The summed E-state index contributed by atoms with van der Waals surface area (Å²) in [6.07, 6.45) is 5.45. The average molecular weight is 531 g/mol. The molecule has 10 heteroatoms. The summed E-state index contributed by atoms with van der Waals surface area (Å²) in [5.41, 5.74) is -0.0544. The first-order chi connectivity index (χ1) is 18.3. The monoisotopic (exact) mass is 530 g/mol. The Balaban J connectivity index is 1.81. The van der Waals surface area contributed by atoms with Crippen LogP contribution in [0.3, 0.4) is 0 Å². The number of ether oxygens (including phenoxy) is 4. The van der Waals surface area contributed by atoms with E-state index in [-0.39, 0.29) is 31.3 Å². The number of rotatable bonds is 11. The molecule has 2 fully saturated rings. The molecule has 2 amide bonds. The zero-order chi connectivity index (χ0) is 27.3. The van der Waals surface area contributed by atoms with E-state index in [1.165, 1.54) is 7.11 Å². The van der Waals surface area contributed by atoms with E-state index < -0.39 is 24.0 Å². The van der Waals surface area contributed by atoms with E-state index in [2.05, 4.69) is 6.58 Å². The Labute approximate surface area is 223 Å². The van der Waals surface area contributed by atoms with Crippen LogP contribution in [0.25, 0.3) is 0 Å². The van der Waals surface area contributed by atoms with Gasteiger partial charge < -0.3 is 29.0 Å². The van der Waals surface area contributed by atoms with E-state index in [1.807, 2.05) is 11.8 Å².